The number of nitrogens with one attached hydrogen (secondary N) is 1. The number of aliphatic hydroxyl groups excluding tert-OH is 1. The molecule has 0 saturated carbocycles. The molecular formula is C34H36N6O2. The molecule has 1 aliphatic heterocycles. The predicted molar refractivity (Wildman–Crippen MR) is 166 cm³/mol. The van der Waals surface area contributed by atoms with Crippen LogP contribution in [-0.2, 0) is 25.9 Å². The fourth-order valence-corrected chi connectivity index (χ4v) is 6.09. The van der Waals surface area contributed by atoms with Crippen molar-refractivity contribution in [1.82, 2.24) is 20.0 Å². The summed E-state index contributed by atoms with van der Waals surface area (Å²) in [5.41, 5.74) is 17.6. The minimum Gasteiger partial charge on any atom is -0.399 e. The van der Waals surface area contributed by atoms with Crippen molar-refractivity contribution in [3.8, 4) is 0 Å². The number of nitrogen functional groups attached to an aromatic ring is 2. The molecule has 42 heavy (non-hydrogen) atoms. The summed E-state index contributed by atoms with van der Waals surface area (Å²) in [6, 6.07) is 32.8. The molecular weight excluding hydrogens is 524 g/mol. The number of aliphatic hydroxyl groups is 1. The van der Waals surface area contributed by atoms with Crippen molar-refractivity contribution in [2.45, 2.75) is 50.5 Å². The number of aromatic nitrogens is 2. The van der Waals surface area contributed by atoms with Gasteiger partial charge >= 0.3 is 6.03 Å². The summed E-state index contributed by atoms with van der Waals surface area (Å²) in [6.45, 7) is 0.687. The van der Waals surface area contributed by atoms with Crippen molar-refractivity contribution in [2.75, 3.05) is 11.5 Å². The van der Waals surface area contributed by atoms with Crippen LogP contribution < -0.4 is 11.5 Å². The third kappa shape index (κ3) is 5.80. The number of aryl methyl sites for hydroxylation is 1. The average Bonchev–Trinajstić information content (AvgIpc) is 3.38. The molecule has 0 bridgehead atoms. The highest BCUT2D eigenvalue weighted by Crippen LogP contribution is 2.32. The Kier molecular flexibility index (Phi) is 7.79. The van der Waals surface area contributed by atoms with Gasteiger partial charge in [-0.1, -0.05) is 78.9 Å². The largest absolute Gasteiger partial charge is 0.399 e. The van der Waals surface area contributed by atoms with Crippen molar-refractivity contribution < 1.29 is 9.90 Å². The zero-order valence-corrected chi connectivity index (χ0v) is 23.4. The van der Waals surface area contributed by atoms with Gasteiger partial charge in [-0.15, -0.1) is 0 Å². The van der Waals surface area contributed by atoms with E-state index in [1.165, 1.54) is 5.56 Å². The van der Waals surface area contributed by atoms with Crippen molar-refractivity contribution in [1.29, 1.82) is 0 Å². The fraction of sp³-hybridized carbons (Fsp3) is 0.235. The van der Waals surface area contributed by atoms with Crippen molar-refractivity contribution in [2.24, 2.45) is 0 Å². The lowest BCUT2D eigenvalue weighted by molar-refractivity contribution is -0.0453. The summed E-state index contributed by atoms with van der Waals surface area (Å²) in [5.74, 6) is 0.443. The van der Waals surface area contributed by atoms with E-state index in [9.17, 15) is 9.90 Å². The Bertz CT molecular complexity index is 1660. The molecule has 1 fully saturated rings. The zero-order chi connectivity index (χ0) is 29.1. The first-order valence-electron chi connectivity index (χ1n) is 14.4. The first kappa shape index (κ1) is 27.4. The molecule has 3 unspecified atom stereocenters. The molecule has 0 radical (unpaired) electrons. The number of hydrogen-bond donors (Lipinski definition) is 4. The van der Waals surface area contributed by atoms with E-state index in [4.69, 9.17) is 11.5 Å². The summed E-state index contributed by atoms with van der Waals surface area (Å²) in [7, 11) is 0. The number of carbonyl (C=O) groups excluding carboxylic acids is 1. The average molecular weight is 561 g/mol. The number of nitrogens with zero attached hydrogens (tertiary/aromatic N) is 3. The number of benzene rings is 4. The molecule has 1 aromatic heterocycles. The highest BCUT2D eigenvalue weighted by molar-refractivity contribution is 5.89. The number of nitrogens with two attached hydrogens (primary N) is 2. The minimum atomic E-state index is -0.779. The normalized spacial score (nSPS) is 19.0. The Labute approximate surface area is 245 Å². The van der Waals surface area contributed by atoms with Crippen molar-refractivity contribution in [3.05, 3.63) is 125 Å². The van der Waals surface area contributed by atoms with Crippen LogP contribution in [0.5, 0.6) is 0 Å². The summed E-state index contributed by atoms with van der Waals surface area (Å²) in [6.07, 6.45) is 1.15. The number of urea groups is 1. The third-order valence-electron chi connectivity index (χ3n) is 8.25. The second kappa shape index (κ2) is 12.0. The standard InChI is InChI=1S/C34H36N6O2/c35-27-13-7-12-25(18-27)21-40-31(20-24-10-5-2-6-11-24)32(41)30(17-15-23-8-3-1-4-9-23)39(34(40)42)22-26-14-16-28-29(19-26)37-38-33(28)36/h1-14,16,18-19,30-32,41H,15,17,20-22,35H2,(H3,36,37,38). The van der Waals surface area contributed by atoms with Gasteiger partial charge in [0.25, 0.3) is 0 Å². The van der Waals surface area contributed by atoms with Gasteiger partial charge in [0.05, 0.1) is 23.7 Å². The maximum absolute atomic E-state index is 14.5. The molecule has 8 heteroatoms. The topological polar surface area (TPSA) is 125 Å². The van der Waals surface area contributed by atoms with Gasteiger partial charge in [-0.25, -0.2) is 4.79 Å². The van der Waals surface area contributed by atoms with Crippen LogP contribution in [0, 0.1) is 0 Å². The molecule has 2 heterocycles. The smallest absolute Gasteiger partial charge is 0.321 e. The van der Waals surface area contributed by atoms with E-state index in [0.717, 1.165) is 34.0 Å². The Balaban J connectivity index is 1.37. The van der Waals surface area contributed by atoms with Gasteiger partial charge in [0.15, 0.2) is 5.82 Å². The highest BCUT2D eigenvalue weighted by Gasteiger charge is 2.45. The second-order valence-corrected chi connectivity index (χ2v) is 11.1. The maximum Gasteiger partial charge on any atom is 0.321 e. The lowest BCUT2D eigenvalue weighted by Gasteiger charge is -2.49. The number of hydrogen-bond acceptors (Lipinski definition) is 5. The molecule has 1 saturated heterocycles. The Hall–Kier alpha value is -4.82. The Morgan fingerprint density at radius 1 is 0.738 bits per heavy atom. The van der Waals surface area contributed by atoms with Gasteiger partial charge in [-0.05, 0) is 65.8 Å². The first-order chi connectivity index (χ1) is 20.5. The molecule has 1 aliphatic rings. The van der Waals surface area contributed by atoms with E-state index in [1.54, 1.807) is 0 Å². The number of rotatable bonds is 9. The van der Waals surface area contributed by atoms with Crippen LogP contribution in [0.3, 0.4) is 0 Å². The number of amides is 2. The first-order valence-corrected chi connectivity index (χ1v) is 14.4. The van der Waals surface area contributed by atoms with Gasteiger partial charge in [0, 0.05) is 24.2 Å². The third-order valence-corrected chi connectivity index (χ3v) is 8.25. The van der Waals surface area contributed by atoms with E-state index in [2.05, 4.69) is 22.3 Å². The molecule has 8 nitrogen and oxygen atoms in total. The van der Waals surface area contributed by atoms with Crippen LogP contribution in [0.1, 0.15) is 28.7 Å². The summed E-state index contributed by atoms with van der Waals surface area (Å²) in [5, 5.41) is 20.1. The number of anilines is 2. The van der Waals surface area contributed by atoms with Crippen molar-refractivity contribution >= 4 is 28.4 Å². The Morgan fingerprint density at radius 2 is 1.38 bits per heavy atom. The van der Waals surface area contributed by atoms with E-state index in [0.29, 0.717) is 37.4 Å². The molecule has 0 spiro atoms. The van der Waals surface area contributed by atoms with Gasteiger partial charge in [0.1, 0.15) is 0 Å². The molecule has 4 aromatic carbocycles. The number of aromatic amines is 1. The predicted octanol–water partition coefficient (Wildman–Crippen LogP) is 5.14. The summed E-state index contributed by atoms with van der Waals surface area (Å²) in [4.78, 5) is 18.2. The quantitative estimate of drug-likeness (QED) is 0.186. The van der Waals surface area contributed by atoms with Gasteiger partial charge in [-0.3, -0.25) is 5.10 Å². The monoisotopic (exact) mass is 560 g/mol. The van der Waals surface area contributed by atoms with Crippen LogP contribution in [0.2, 0.25) is 0 Å². The zero-order valence-electron chi connectivity index (χ0n) is 23.4. The highest BCUT2D eigenvalue weighted by atomic mass is 16.3. The van der Waals surface area contributed by atoms with Crippen LogP contribution in [0.25, 0.3) is 10.9 Å². The Morgan fingerprint density at radius 3 is 2.10 bits per heavy atom. The molecule has 2 amide bonds. The van der Waals surface area contributed by atoms with Crippen LogP contribution in [0.15, 0.2) is 103 Å². The number of fused-ring (bicyclic) bond motifs is 1. The summed E-state index contributed by atoms with van der Waals surface area (Å²) >= 11 is 0. The number of H-pyrrole nitrogens is 1. The molecule has 6 rings (SSSR count). The van der Waals surface area contributed by atoms with Crippen LogP contribution >= 0.6 is 0 Å². The summed E-state index contributed by atoms with van der Waals surface area (Å²) < 4.78 is 0. The SMILES string of the molecule is Nc1cccc(CN2C(=O)N(Cc3ccc4c(N)n[nH]c4c3)C(CCc3ccccc3)C(O)C2Cc2ccccc2)c1. The van der Waals surface area contributed by atoms with E-state index in [-0.39, 0.29) is 12.1 Å². The second-order valence-electron chi connectivity index (χ2n) is 11.1. The van der Waals surface area contributed by atoms with E-state index < -0.39 is 12.1 Å². The van der Waals surface area contributed by atoms with E-state index >= 15 is 0 Å². The molecule has 3 atom stereocenters. The van der Waals surface area contributed by atoms with Crippen LogP contribution in [0.4, 0.5) is 16.3 Å². The van der Waals surface area contributed by atoms with E-state index in [1.807, 2.05) is 101 Å². The maximum atomic E-state index is 14.5. The van der Waals surface area contributed by atoms with Gasteiger partial charge in [0.2, 0.25) is 0 Å². The van der Waals surface area contributed by atoms with Crippen molar-refractivity contribution in [3.63, 3.8) is 0 Å². The van der Waals surface area contributed by atoms with Crippen LogP contribution in [-0.4, -0.2) is 49.3 Å². The lowest BCUT2D eigenvalue weighted by atomic mass is 9.88. The molecule has 6 N–H and O–H groups in total. The lowest BCUT2D eigenvalue weighted by Crippen LogP contribution is -2.66. The molecule has 0 aliphatic carbocycles. The van der Waals surface area contributed by atoms with Gasteiger partial charge < -0.3 is 26.4 Å². The minimum absolute atomic E-state index is 0.106. The van der Waals surface area contributed by atoms with Gasteiger partial charge in [-0.2, -0.15) is 5.10 Å². The molecule has 214 valence electrons. The molecule has 5 aromatic rings. The number of carbonyl (C=O) groups is 1. The fourth-order valence-electron chi connectivity index (χ4n) is 6.09.